The van der Waals surface area contributed by atoms with Gasteiger partial charge in [0.05, 0.1) is 18.4 Å². The first-order chi connectivity index (χ1) is 9.97. The molecule has 0 spiro atoms. The van der Waals surface area contributed by atoms with Crippen LogP contribution in [0.2, 0.25) is 0 Å². The zero-order valence-electron chi connectivity index (χ0n) is 12.4. The second-order valence-electron chi connectivity index (χ2n) is 5.02. The van der Waals surface area contributed by atoms with E-state index >= 15 is 0 Å². The molecule has 5 heteroatoms. The molecule has 0 radical (unpaired) electrons. The number of methoxy groups -OCH3 is 1. The molecule has 110 valence electrons. The Kier molecular flexibility index (Phi) is 4.12. The van der Waals surface area contributed by atoms with Crippen molar-refractivity contribution in [1.82, 2.24) is 4.57 Å². The van der Waals surface area contributed by atoms with Gasteiger partial charge in [0.2, 0.25) is 0 Å². The summed E-state index contributed by atoms with van der Waals surface area (Å²) in [4.78, 5) is 12.5. The SMILES string of the molecule is COc1ccccc1-c1ccc(C(=N)N)c(=O)n1C(C)C. The molecule has 2 rings (SSSR count). The second-order valence-corrected chi connectivity index (χ2v) is 5.02. The molecule has 0 aliphatic rings. The number of nitrogens with zero attached hydrogens (tertiary/aromatic N) is 1. The zero-order chi connectivity index (χ0) is 15.6. The fourth-order valence-electron chi connectivity index (χ4n) is 2.35. The van der Waals surface area contributed by atoms with E-state index in [4.69, 9.17) is 15.9 Å². The van der Waals surface area contributed by atoms with Gasteiger partial charge < -0.3 is 15.0 Å². The molecule has 2 aromatic rings. The van der Waals surface area contributed by atoms with Crippen molar-refractivity contribution in [2.24, 2.45) is 5.73 Å². The van der Waals surface area contributed by atoms with Crippen LogP contribution in [0.3, 0.4) is 0 Å². The van der Waals surface area contributed by atoms with Gasteiger partial charge in [-0.15, -0.1) is 0 Å². The maximum Gasteiger partial charge on any atom is 0.262 e. The number of para-hydroxylation sites is 1. The first kappa shape index (κ1) is 14.8. The summed E-state index contributed by atoms with van der Waals surface area (Å²) in [6, 6.07) is 10.9. The van der Waals surface area contributed by atoms with Gasteiger partial charge in [0.25, 0.3) is 5.56 Å². The van der Waals surface area contributed by atoms with Crippen molar-refractivity contribution in [3.05, 3.63) is 52.3 Å². The van der Waals surface area contributed by atoms with E-state index in [9.17, 15) is 4.79 Å². The highest BCUT2D eigenvalue weighted by Gasteiger charge is 2.16. The lowest BCUT2D eigenvalue weighted by Gasteiger charge is -2.19. The minimum Gasteiger partial charge on any atom is -0.496 e. The van der Waals surface area contributed by atoms with Crippen molar-refractivity contribution in [2.75, 3.05) is 7.11 Å². The minimum atomic E-state index is -0.263. The number of hydrogen-bond donors (Lipinski definition) is 2. The maximum atomic E-state index is 12.5. The molecule has 1 aromatic heterocycles. The maximum absolute atomic E-state index is 12.5. The van der Waals surface area contributed by atoms with Crippen molar-refractivity contribution in [2.45, 2.75) is 19.9 Å². The van der Waals surface area contributed by atoms with Crippen molar-refractivity contribution in [3.8, 4) is 17.0 Å². The number of pyridine rings is 1. The highest BCUT2D eigenvalue weighted by molar-refractivity contribution is 5.94. The van der Waals surface area contributed by atoms with Crippen LogP contribution in [-0.4, -0.2) is 17.5 Å². The Balaban J connectivity index is 2.78. The van der Waals surface area contributed by atoms with Gasteiger partial charge in [0.15, 0.2) is 0 Å². The summed E-state index contributed by atoms with van der Waals surface area (Å²) in [5.74, 6) is 0.475. The Bertz CT molecular complexity index is 733. The molecule has 1 heterocycles. The monoisotopic (exact) mass is 285 g/mol. The van der Waals surface area contributed by atoms with E-state index in [1.807, 2.05) is 38.1 Å². The second kappa shape index (κ2) is 5.83. The highest BCUT2D eigenvalue weighted by Crippen LogP contribution is 2.30. The Morgan fingerprint density at radius 1 is 1.24 bits per heavy atom. The summed E-state index contributed by atoms with van der Waals surface area (Å²) >= 11 is 0. The molecule has 0 fully saturated rings. The number of nitrogens with two attached hydrogens (primary N) is 1. The fraction of sp³-hybridized carbons (Fsp3) is 0.250. The molecule has 0 aliphatic heterocycles. The van der Waals surface area contributed by atoms with Gasteiger partial charge in [-0.2, -0.15) is 0 Å². The first-order valence-electron chi connectivity index (χ1n) is 6.70. The lowest BCUT2D eigenvalue weighted by molar-refractivity contribution is 0.415. The topological polar surface area (TPSA) is 81.1 Å². The number of hydrogen-bond acceptors (Lipinski definition) is 3. The summed E-state index contributed by atoms with van der Waals surface area (Å²) in [5.41, 5.74) is 7.00. The summed E-state index contributed by atoms with van der Waals surface area (Å²) in [5, 5.41) is 7.51. The molecular formula is C16H19N3O2. The van der Waals surface area contributed by atoms with Crippen LogP contribution in [-0.2, 0) is 0 Å². The molecule has 0 bridgehead atoms. The Hall–Kier alpha value is -2.56. The van der Waals surface area contributed by atoms with E-state index in [1.54, 1.807) is 23.8 Å². The molecule has 1 aromatic carbocycles. The standard InChI is InChI=1S/C16H19N3O2/c1-10(2)19-13(9-8-12(15(17)18)16(19)20)11-6-4-5-7-14(11)21-3/h4-10H,1-3H3,(H3,17,18). The van der Waals surface area contributed by atoms with Gasteiger partial charge in [-0.1, -0.05) is 12.1 Å². The van der Waals surface area contributed by atoms with E-state index in [0.29, 0.717) is 5.75 Å². The Labute approximate surface area is 123 Å². The molecule has 0 amide bonds. The van der Waals surface area contributed by atoms with Crippen molar-refractivity contribution >= 4 is 5.84 Å². The third-order valence-corrected chi connectivity index (χ3v) is 3.31. The van der Waals surface area contributed by atoms with Crippen LogP contribution in [0.15, 0.2) is 41.2 Å². The number of ether oxygens (including phenoxy) is 1. The van der Waals surface area contributed by atoms with Gasteiger partial charge in [-0.3, -0.25) is 10.2 Å². The molecule has 5 nitrogen and oxygen atoms in total. The van der Waals surface area contributed by atoms with Crippen LogP contribution < -0.4 is 16.0 Å². The van der Waals surface area contributed by atoms with Gasteiger partial charge >= 0.3 is 0 Å². The molecule has 0 unspecified atom stereocenters. The van der Waals surface area contributed by atoms with E-state index in [-0.39, 0.29) is 23.0 Å². The van der Waals surface area contributed by atoms with Crippen LogP contribution in [0.4, 0.5) is 0 Å². The Morgan fingerprint density at radius 3 is 2.48 bits per heavy atom. The number of nitrogens with one attached hydrogen (secondary N) is 1. The number of rotatable bonds is 4. The summed E-state index contributed by atoms with van der Waals surface area (Å²) in [7, 11) is 1.60. The molecule has 0 atom stereocenters. The molecule has 0 saturated heterocycles. The molecular weight excluding hydrogens is 266 g/mol. The normalized spacial score (nSPS) is 10.7. The predicted molar refractivity (Wildman–Crippen MR) is 84.1 cm³/mol. The largest absolute Gasteiger partial charge is 0.496 e. The van der Waals surface area contributed by atoms with Crippen LogP contribution in [0.5, 0.6) is 5.75 Å². The smallest absolute Gasteiger partial charge is 0.262 e. The van der Waals surface area contributed by atoms with E-state index in [0.717, 1.165) is 11.3 Å². The number of amidine groups is 1. The number of nitrogen functional groups attached to an aromatic ring is 1. The number of aromatic nitrogens is 1. The van der Waals surface area contributed by atoms with Crippen molar-refractivity contribution in [1.29, 1.82) is 5.41 Å². The quantitative estimate of drug-likeness (QED) is 0.668. The van der Waals surface area contributed by atoms with Gasteiger partial charge in [-0.25, -0.2) is 0 Å². The van der Waals surface area contributed by atoms with Crippen molar-refractivity contribution < 1.29 is 4.74 Å². The van der Waals surface area contributed by atoms with Crippen LogP contribution in [0, 0.1) is 5.41 Å². The first-order valence-corrected chi connectivity index (χ1v) is 6.70. The van der Waals surface area contributed by atoms with Gasteiger partial charge in [0.1, 0.15) is 11.6 Å². The zero-order valence-corrected chi connectivity index (χ0v) is 12.4. The summed E-state index contributed by atoms with van der Waals surface area (Å²) < 4.78 is 7.00. The van der Waals surface area contributed by atoms with Crippen LogP contribution in [0.25, 0.3) is 11.3 Å². The molecule has 21 heavy (non-hydrogen) atoms. The van der Waals surface area contributed by atoms with Gasteiger partial charge in [-0.05, 0) is 38.1 Å². The van der Waals surface area contributed by atoms with Crippen molar-refractivity contribution in [3.63, 3.8) is 0 Å². The fourth-order valence-corrected chi connectivity index (χ4v) is 2.35. The molecule has 0 saturated carbocycles. The van der Waals surface area contributed by atoms with E-state index in [2.05, 4.69) is 0 Å². The lowest BCUT2D eigenvalue weighted by atomic mass is 10.1. The highest BCUT2D eigenvalue weighted by atomic mass is 16.5. The van der Waals surface area contributed by atoms with Gasteiger partial charge in [0, 0.05) is 11.6 Å². The molecule has 3 N–H and O–H groups in total. The average Bonchev–Trinajstić information content (AvgIpc) is 2.45. The third-order valence-electron chi connectivity index (χ3n) is 3.31. The average molecular weight is 285 g/mol. The lowest BCUT2D eigenvalue weighted by Crippen LogP contribution is -2.31. The minimum absolute atomic E-state index is 0.0586. The van der Waals surface area contributed by atoms with E-state index in [1.165, 1.54) is 0 Å². The predicted octanol–water partition coefficient (Wildman–Crippen LogP) is 2.39. The van der Waals surface area contributed by atoms with Crippen LogP contribution >= 0.6 is 0 Å². The summed E-state index contributed by atoms with van der Waals surface area (Å²) in [6.07, 6.45) is 0. The van der Waals surface area contributed by atoms with E-state index < -0.39 is 0 Å². The summed E-state index contributed by atoms with van der Waals surface area (Å²) in [6.45, 7) is 3.84. The van der Waals surface area contributed by atoms with Crippen LogP contribution in [0.1, 0.15) is 25.5 Å². The Morgan fingerprint density at radius 2 is 1.90 bits per heavy atom. The third kappa shape index (κ3) is 2.67. The number of benzene rings is 1. The molecule has 0 aliphatic carbocycles.